The minimum atomic E-state index is -1.16. The highest BCUT2D eigenvalue weighted by Crippen LogP contribution is 2.11. The molecule has 1 rings (SSSR count). The van der Waals surface area contributed by atoms with Crippen LogP contribution in [0.25, 0.3) is 0 Å². The number of nitrogens with two attached hydrogens (primary N) is 1. The SMILES string of the molecule is CC(C)(NC(=O)c1ccc(F)cc1F)/C(N)=N/O. The summed E-state index contributed by atoms with van der Waals surface area (Å²) in [6.45, 7) is 2.95. The molecular weight excluding hydrogens is 244 g/mol. The second-order valence-electron chi connectivity index (χ2n) is 4.19. The lowest BCUT2D eigenvalue weighted by Crippen LogP contribution is -2.53. The maximum Gasteiger partial charge on any atom is 0.255 e. The molecule has 0 aromatic heterocycles. The molecule has 0 radical (unpaired) electrons. The van der Waals surface area contributed by atoms with Crippen molar-refractivity contribution in [3.05, 3.63) is 35.4 Å². The molecule has 0 unspecified atom stereocenters. The highest BCUT2D eigenvalue weighted by Gasteiger charge is 2.27. The third-order valence-electron chi connectivity index (χ3n) is 2.35. The molecule has 0 aliphatic rings. The van der Waals surface area contributed by atoms with Crippen LogP contribution in [-0.2, 0) is 0 Å². The van der Waals surface area contributed by atoms with Gasteiger partial charge in [0, 0.05) is 6.07 Å². The number of benzene rings is 1. The van der Waals surface area contributed by atoms with Gasteiger partial charge in [0.1, 0.15) is 11.6 Å². The fourth-order valence-corrected chi connectivity index (χ4v) is 1.21. The number of carbonyl (C=O) groups is 1. The fraction of sp³-hybridized carbons (Fsp3) is 0.273. The first-order chi connectivity index (χ1) is 8.27. The van der Waals surface area contributed by atoms with Gasteiger partial charge in [0.2, 0.25) is 0 Å². The van der Waals surface area contributed by atoms with Gasteiger partial charge in [-0.25, -0.2) is 8.78 Å². The van der Waals surface area contributed by atoms with Crippen LogP contribution in [0.15, 0.2) is 23.4 Å². The Hall–Kier alpha value is -2.18. The van der Waals surface area contributed by atoms with E-state index < -0.39 is 23.1 Å². The Morgan fingerprint density at radius 2 is 2.06 bits per heavy atom. The van der Waals surface area contributed by atoms with Gasteiger partial charge in [-0.3, -0.25) is 4.79 Å². The molecule has 1 aromatic rings. The maximum atomic E-state index is 13.3. The number of nitrogens with one attached hydrogen (secondary N) is 1. The summed E-state index contributed by atoms with van der Waals surface area (Å²) < 4.78 is 26.0. The number of amidine groups is 1. The van der Waals surface area contributed by atoms with Gasteiger partial charge in [-0.05, 0) is 26.0 Å². The monoisotopic (exact) mass is 257 g/mol. The average Bonchev–Trinajstić information content (AvgIpc) is 2.26. The van der Waals surface area contributed by atoms with Gasteiger partial charge in [0.15, 0.2) is 5.84 Å². The lowest BCUT2D eigenvalue weighted by Gasteiger charge is -2.24. The summed E-state index contributed by atoms with van der Waals surface area (Å²) in [5.74, 6) is -2.79. The van der Waals surface area contributed by atoms with Crippen molar-refractivity contribution in [1.82, 2.24) is 5.32 Å². The number of hydrogen-bond acceptors (Lipinski definition) is 3. The van der Waals surface area contributed by atoms with E-state index >= 15 is 0 Å². The van der Waals surface area contributed by atoms with Crippen LogP contribution in [0.5, 0.6) is 0 Å². The van der Waals surface area contributed by atoms with Crippen LogP contribution in [0.3, 0.4) is 0 Å². The van der Waals surface area contributed by atoms with Gasteiger partial charge < -0.3 is 16.3 Å². The number of hydrogen-bond donors (Lipinski definition) is 3. The molecule has 7 heteroatoms. The van der Waals surface area contributed by atoms with E-state index in [1.165, 1.54) is 13.8 Å². The first kappa shape index (κ1) is 13.9. The van der Waals surface area contributed by atoms with Crippen molar-refractivity contribution in [2.45, 2.75) is 19.4 Å². The van der Waals surface area contributed by atoms with Gasteiger partial charge >= 0.3 is 0 Å². The maximum absolute atomic E-state index is 13.3. The molecule has 0 fully saturated rings. The predicted octanol–water partition coefficient (Wildman–Crippen LogP) is 1.22. The second-order valence-corrected chi connectivity index (χ2v) is 4.19. The third-order valence-corrected chi connectivity index (χ3v) is 2.35. The Balaban J connectivity index is 2.96. The van der Waals surface area contributed by atoms with Crippen LogP contribution in [0.4, 0.5) is 8.78 Å². The van der Waals surface area contributed by atoms with Crippen molar-refractivity contribution in [3.63, 3.8) is 0 Å². The molecule has 0 aliphatic heterocycles. The molecule has 0 saturated heterocycles. The minimum absolute atomic E-state index is 0.238. The summed E-state index contributed by atoms with van der Waals surface area (Å²) in [5.41, 5.74) is 3.89. The average molecular weight is 257 g/mol. The molecule has 0 aliphatic carbocycles. The summed E-state index contributed by atoms with van der Waals surface area (Å²) >= 11 is 0. The van der Waals surface area contributed by atoms with Gasteiger partial charge in [-0.15, -0.1) is 0 Å². The van der Waals surface area contributed by atoms with Crippen molar-refractivity contribution in [3.8, 4) is 0 Å². The van der Waals surface area contributed by atoms with Crippen LogP contribution in [0.2, 0.25) is 0 Å². The van der Waals surface area contributed by atoms with E-state index in [1.54, 1.807) is 0 Å². The fourth-order valence-electron chi connectivity index (χ4n) is 1.21. The first-order valence-electron chi connectivity index (χ1n) is 5.03. The largest absolute Gasteiger partial charge is 0.409 e. The molecule has 0 atom stereocenters. The third kappa shape index (κ3) is 2.93. The zero-order chi connectivity index (χ0) is 13.9. The summed E-state index contributed by atoms with van der Waals surface area (Å²) in [4.78, 5) is 11.7. The lowest BCUT2D eigenvalue weighted by atomic mass is 10.0. The van der Waals surface area contributed by atoms with Gasteiger partial charge in [0.05, 0.1) is 11.1 Å². The van der Waals surface area contributed by atoms with Crippen molar-refractivity contribution in [2.75, 3.05) is 0 Å². The van der Waals surface area contributed by atoms with Crippen LogP contribution in [0.1, 0.15) is 24.2 Å². The van der Waals surface area contributed by atoms with E-state index in [1.807, 2.05) is 0 Å². The molecule has 0 spiro atoms. The Morgan fingerprint density at radius 3 is 2.56 bits per heavy atom. The predicted molar refractivity (Wildman–Crippen MR) is 61.3 cm³/mol. The quantitative estimate of drug-likeness (QED) is 0.329. The molecule has 4 N–H and O–H groups in total. The Labute approximate surface area is 102 Å². The van der Waals surface area contributed by atoms with Gasteiger partial charge in [-0.1, -0.05) is 5.16 Å². The summed E-state index contributed by atoms with van der Waals surface area (Å²) in [7, 11) is 0. The van der Waals surface area contributed by atoms with Crippen LogP contribution in [-0.4, -0.2) is 22.5 Å². The molecule has 0 bridgehead atoms. The molecule has 98 valence electrons. The smallest absolute Gasteiger partial charge is 0.255 e. The number of nitrogens with zero attached hydrogens (tertiary/aromatic N) is 1. The number of halogens is 2. The van der Waals surface area contributed by atoms with Crippen molar-refractivity contribution in [1.29, 1.82) is 0 Å². The number of oxime groups is 1. The van der Waals surface area contributed by atoms with E-state index in [-0.39, 0.29) is 11.4 Å². The molecule has 5 nitrogen and oxygen atoms in total. The van der Waals surface area contributed by atoms with Crippen molar-refractivity contribution < 1.29 is 18.8 Å². The summed E-state index contributed by atoms with van der Waals surface area (Å²) in [6, 6.07) is 2.59. The van der Waals surface area contributed by atoms with Crippen LogP contribution < -0.4 is 11.1 Å². The Morgan fingerprint density at radius 1 is 1.44 bits per heavy atom. The number of carbonyl (C=O) groups excluding carboxylic acids is 1. The van der Waals surface area contributed by atoms with E-state index in [2.05, 4.69) is 10.5 Å². The molecule has 0 heterocycles. The normalized spacial score (nSPS) is 12.3. The van der Waals surface area contributed by atoms with Crippen LogP contribution in [0, 0.1) is 11.6 Å². The Kier molecular flexibility index (Phi) is 3.85. The molecule has 18 heavy (non-hydrogen) atoms. The van der Waals surface area contributed by atoms with Crippen LogP contribution >= 0.6 is 0 Å². The van der Waals surface area contributed by atoms with E-state index in [0.717, 1.165) is 12.1 Å². The minimum Gasteiger partial charge on any atom is -0.409 e. The molecule has 0 saturated carbocycles. The van der Waals surface area contributed by atoms with E-state index in [4.69, 9.17) is 10.9 Å². The van der Waals surface area contributed by atoms with Crippen molar-refractivity contribution >= 4 is 11.7 Å². The second kappa shape index (κ2) is 4.99. The summed E-state index contributed by atoms with van der Waals surface area (Å²) in [6.07, 6.45) is 0. The summed E-state index contributed by atoms with van der Waals surface area (Å²) in [5, 5.41) is 13.7. The van der Waals surface area contributed by atoms with E-state index in [9.17, 15) is 13.6 Å². The highest BCUT2D eigenvalue weighted by atomic mass is 19.1. The zero-order valence-electron chi connectivity index (χ0n) is 9.87. The molecular formula is C11H13F2N3O2. The van der Waals surface area contributed by atoms with Crippen molar-refractivity contribution in [2.24, 2.45) is 10.9 Å². The lowest BCUT2D eigenvalue weighted by molar-refractivity contribution is 0.0926. The number of amides is 1. The standard InChI is InChI=1S/C11H13F2N3O2/c1-11(2,10(14)16-18)15-9(17)7-4-3-6(12)5-8(7)13/h3-5,18H,1-2H3,(H2,14,16)(H,15,17). The highest BCUT2D eigenvalue weighted by molar-refractivity contribution is 5.99. The molecule has 1 aromatic carbocycles. The first-order valence-corrected chi connectivity index (χ1v) is 5.03. The zero-order valence-corrected chi connectivity index (χ0v) is 9.87. The topological polar surface area (TPSA) is 87.7 Å². The van der Waals surface area contributed by atoms with E-state index in [0.29, 0.717) is 6.07 Å². The molecule has 1 amide bonds. The van der Waals surface area contributed by atoms with Gasteiger partial charge in [0.25, 0.3) is 5.91 Å². The number of rotatable bonds is 3. The van der Waals surface area contributed by atoms with Gasteiger partial charge in [-0.2, -0.15) is 0 Å². The Bertz CT molecular complexity index is 501.